The molecule has 0 fully saturated rings. The highest BCUT2D eigenvalue weighted by molar-refractivity contribution is 5.77. The number of nitrogens with one attached hydrogen (secondary N) is 2. The SMILES string of the molecule is CCCC[C@H](CC)CNC(=O)CCCCn1c(=O)[nH]c2ccccc2c1=O. The first-order valence-electron chi connectivity index (χ1n) is 10.0. The highest BCUT2D eigenvalue weighted by Gasteiger charge is 2.09. The van der Waals surface area contributed by atoms with Crippen molar-refractivity contribution in [3.8, 4) is 0 Å². The van der Waals surface area contributed by atoms with Crippen LogP contribution in [0.25, 0.3) is 10.9 Å². The summed E-state index contributed by atoms with van der Waals surface area (Å²) in [5, 5.41) is 3.52. The zero-order chi connectivity index (χ0) is 19.6. The van der Waals surface area contributed by atoms with Crippen molar-refractivity contribution < 1.29 is 4.79 Å². The molecular weight excluding hydrogens is 342 g/mol. The Morgan fingerprint density at radius 1 is 1.15 bits per heavy atom. The van der Waals surface area contributed by atoms with Crippen LogP contribution in [-0.2, 0) is 11.3 Å². The minimum absolute atomic E-state index is 0.0460. The van der Waals surface area contributed by atoms with Gasteiger partial charge in [-0.05, 0) is 37.3 Å². The first kappa shape index (κ1) is 20.9. The van der Waals surface area contributed by atoms with Crippen LogP contribution in [0.4, 0.5) is 0 Å². The van der Waals surface area contributed by atoms with E-state index in [2.05, 4.69) is 24.1 Å². The topological polar surface area (TPSA) is 84.0 Å². The van der Waals surface area contributed by atoms with E-state index >= 15 is 0 Å². The number of nitrogens with zero attached hydrogens (tertiary/aromatic N) is 1. The van der Waals surface area contributed by atoms with Gasteiger partial charge in [-0.25, -0.2) is 4.79 Å². The molecule has 0 saturated heterocycles. The van der Waals surface area contributed by atoms with Gasteiger partial charge in [-0.1, -0.05) is 45.2 Å². The van der Waals surface area contributed by atoms with Gasteiger partial charge in [0.1, 0.15) is 0 Å². The minimum Gasteiger partial charge on any atom is -0.356 e. The first-order chi connectivity index (χ1) is 13.1. The van der Waals surface area contributed by atoms with Gasteiger partial charge in [0, 0.05) is 19.5 Å². The van der Waals surface area contributed by atoms with E-state index in [1.54, 1.807) is 24.3 Å². The number of aromatic amines is 1. The molecule has 1 atom stereocenters. The van der Waals surface area contributed by atoms with Crippen molar-refractivity contribution in [1.82, 2.24) is 14.9 Å². The molecule has 1 heterocycles. The number of hydrogen-bond acceptors (Lipinski definition) is 3. The lowest BCUT2D eigenvalue weighted by Crippen LogP contribution is -2.35. The van der Waals surface area contributed by atoms with E-state index < -0.39 is 5.69 Å². The Morgan fingerprint density at radius 3 is 2.67 bits per heavy atom. The lowest BCUT2D eigenvalue weighted by molar-refractivity contribution is -0.121. The Morgan fingerprint density at radius 2 is 1.93 bits per heavy atom. The minimum atomic E-state index is -0.398. The number of carbonyl (C=O) groups excluding carboxylic acids is 1. The van der Waals surface area contributed by atoms with Crippen LogP contribution in [0.3, 0.4) is 0 Å². The van der Waals surface area contributed by atoms with Crippen LogP contribution >= 0.6 is 0 Å². The van der Waals surface area contributed by atoms with Gasteiger partial charge in [0.05, 0.1) is 10.9 Å². The fourth-order valence-electron chi connectivity index (χ4n) is 3.25. The maximum Gasteiger partial charge on any atom is 0.328 e. The van der Waals surface area contributed by atoms with Gasteiger partial charge in [0.2, 0.25) is 5.91 Å². The number of carbonyl (C=O) groups is 1. The van der Waals surface area contributed by atoms with Gasteiger partial charge in [0.25, 0.3) is 5.56 Å². The van der Waals surface area contributed by atoms with Crippen LogP contribution in [0, 0.1) is 5.92 Å². The highest BCUT2D eigenvalue weighted by atomic mass is 16.2. The monoisotopic (exact) mass is 373 g/mol. The molecule has 2 aromatic rings. The lowest BCUT2D eigenvalue weighted by atomic mass is 9.99. The third kappa shape index (κ3) is 6.08. The first-order valence-corrected chi connectivity index (χ1v) is 10.0. The van der Waals surface area contributed by atoms with Crippen molar-refractivity contribution >= 4 is 16.8 Å². The Kier molecular flexibility index (Phi) is 8.30. The molecule has 0 bridgehead atoms. The van der Waals surface area contributed by atoms with Gasteiger partial charge in [-0.15, -0.1) is 0 Å². The largest absolute Gasteiger partial charge is 0.356 e. The normalized spacial score (nSPS) is 12.2. The second kappa shape index (κ2) is 10.7. The molecule has 0 aliphatic heterocycles. The summed E-state index contributed by atoms with van der Waals surface area (Å²) in [6.45, 7) is 5.39. The molecular formula is C21H31N3O3. The van der Waals surface area contributed by atoms with E-state index in [1.165, 1.54) is 17.4 Å². The van der Waals surface area contributed by atoms with Crippen molar-refractivity contribution in [1.29, 1.82) is 0 Å². The summed E-state index contributed by atoms with van der Waals surface area (Å²) >= 11 is 0. The van der Waals surface area contributed by atoms with Gasteiger partial charge in [-0.2, -0.15) is 0 Å². The summed E-state index contributed by atoms with van der Waals surface area (Å²) < 4.78 is 1.22. The maximum absolute atomic E-state index is 12.4. The predicted octanol–water partition coefficient (Wildman–Crippen LogP) is 3.19. The van der Waals surface area contributed by atoms with E-state index in [0.29, 0.717) is 42.6 Å². The molecule has 1 amide bonds. The smallest absolute Gasteiger partial charge is 0.328 e. The maximum atomic E-state index is 12.4. The number of H-pyrrole nitrogens is 1. The van der Waals surface area contributed by atoms with Crippen molar-refractivity contribution in [2.24, 2.45) is 5.92 Å². The average molecular weight is 373 g/mol. The molecule has 27 heavy (non-hydrogen) atoms. The fraction of sp³-hybridized carbons (Fsp3) is 0.571. The second-order valence-electron chi connectivity index (χ2n) is 7.11. The molecule has 1 aromatic heterocycles. The van der Waals surface area contributed by atoms with Crippen LogP contribution in [0.15, 0.2) is 33.9 Å². The van der Waals surface area contributed by atoms with Crippen molar-refractivity contribution in [3.63, 3.8) is 0 Å². The van der Waals surface area contributed by atoms with E-state index in [4.69, 9.17) is 0 Å². The van der Waals surface area contributed by atoms with Gasteiger partial charge in [-0.3, -0.25) is 14.2 Å². The molecule has 2 rings (SSSR count). The molecule has 0 saturated carbocycles. The fourth-order valence-corrected chi connectivity index (χ4v) is 3.25. The molecule has 6 heteroatoms. The molecule has 148 valence electrons. The number of rotatable bonds is 11. The van der Waals surface area contributed by atoms with E-state index in [9.17, 15) is 14.4 Å². The molecule has 1 aromatic carbocycles. The predicted molar refractivity (Wildman–Crippen MR) is 109 cm³/mol. The molecule has 6 nitrogen and oxygen atoms in total. The number of aromatic nitrogens is 2. The van der Waals surface area contributed by atoms with Crippen LogP contribution < -0.4 is 16.6 Å². The molecule has 2 N–H and O–H groups in total. The molecule has 0 unspecified atom stereocenters. The van der Waals surface area contributed by atoms with Crippen LogP contribution in [0.1, 0.15) is 58.8 Å². The van der Waals surface area contributed by atoms with Crippen molar-refractivity contribution in [2.45, 2.75) is 65.3 Å². The molecule has 0 aliphatic carbocycles. The van der Waals surface area contributed by atoms with E-state index in [-0.39, 0.29) is 11.5 Å². The van der Waals surface area contributed by atoms with Gasteiger partial charge in [0.15, 0.2) is 0 Å². The Labute approximate surface area is 160 Å². The van der Waals surface area contributed by atoms with Crippen LogP contribution in [0.2, 0.25) is 0 Å². The molecule has 0 spiro atoms. The molecule has 0 aliphatic rings. The van der Waals surface area contributed by atoms with Crippen molar-refractivity contribution in [3.05, 3.63) is 45.1 Å². The second-order valence-corrected chi connectivity index (χ2v) is 7.11. The third-order valence-corrected chi connectivity index (χ3v) is 5.06. The quantitative estimate of drug-likeness (QED) is 0.593. The van der Waals surface area contributed by atoms with Crippen LogP contribution in [-0.4, -0.2) is 22.0 Å². The highest BCUT2D eigenvalue weighted by Crippen LogP contribution is 2.11. The summed E-state index contributed by atoms with van der Waals surface area (Å²) in [4.78, 5) is 39.3. The summed E-state index contributed by atoms with van der Waals surface area (Å²) in [5.41, 5.74) is -0.123. The number of unbranched alkanes of at least 4 members (excludes halogenated alkanes) is 2. The number of hydrogen-bond donors (Lipinski definition) is 2. The Bertz CT molecular complexity index is 854. The Hall–Kier alpha value is -2.37. The van der Waals surface area contributed by atoms with Crippen LogP contribution in [0.5, 0.6) is 0 Å². The summed E-state index contributed by atoms with van der Waals surface area (Å²) in [7, 11) is 0. The van der Waals surface area contributed by atoms with E-state index in [0.717, 1.165) is 19.4 Å². The molecule has 0 radical (unpaired) electrons. The van der Waals surface area contributed by atoms with Crippen molar-refractivity contribution in [2.75, 3.05) is 6.54 Å². The Balaban J connectivity index is 1.80. The third-order valence-electron chi connectivity index (χ3n) is 5.06. The summed E-state index contributed by atoms with van der Waals surface area (Å²) in [6, 6.07) is 6.99. The summed E-state index contributed by atoms with van der Waals surface area (Å²) in [6.07, 6.45) is 6.29. The summed E-state index contributed by atoms with van der Waals surface area (Å²) in [5.74, 6) is 0.591. The average Bonchev–Trinajstić information content (AvgIpc) is 2.67. The number of amides is 1. The van der Waals surface area contributed by atoms with Gasteiger partial charge < -0.3 is 10.3 Å². The number of para-hydroxylation sites is 1. The van der Waals surface area contributed by atoms with Gasteiger partial charge >= 0.3 is 5.69 Å². The number of fused-ring (bicyclic) bond motifs is 1. The number of benzene rings is 1. The standard InChI is InChI=1S/C21H31N3O3/c1-3-5-10-16(4-2)15-22-19(25)13-8-9-14-24-20(26)17-11-6-7-12-18(17)23-21(24)27/h6-7,11-12,16H,3-5,8-10,13-15H2,1-2H3,(H,22,25)(H,23,27)/t16-/m0/s1. The lowest BCUT2D eigenvalue weighted by Gasteiger charge is -2.15. The zero-order valence-electron chi connectivity index (χ0n) is 16.4. The zero-order valence-corrected chi connectivity index (χ0v) is 16.4. The van der Waals surface area contributed by atoms with E-state index in [1.807, 2.05) is 0 Å².